The van der Waals surface area contributed by atoms with Gasteiger partial charge in [-0.2, -0.15) is 0 Å². The van der Waals surface area contributed by atoms with Gasteiger partial charge in [0.25, 0.3) is 0 Å². The molecule has 0 radical (unpaired) electrons. The van der Waals surface area contributed by atoms with E-state index in [1.54, 1.807) is 37.7 Å². The minimum absolute atomic E-state index is 0.155. The van der Waals surface area contributed by atoms with E-state index >= 15 is 0 Å². The summed E-state index contributed by atoms with van der Waals surface area (Å²) in [5, 5.41) is 1.08. The Morgan fingerprint density at radius 3 is 2.64 bits per heavy atom. The third-order valence-corrected chi connectivity index (χ3v) is 3.88. The average molecular weight is 340 g/mol. The van der Waals surface area contributed by atoms with Crippen LogP contribution in [0.3, 0.4) is 0 Å². The van der Waals surface area contributed by atoms with Crippen LogP contribution in [-0.4, -0.2) is 18.2 Å². The van der Waals surface area contributed by atoms with E-state index < -0.39 is 0 Å². The summed E-state index contributed by atoms with van der Waals surface area (Å²) in [6, 6.07) is 9.09. The number of pyridine rings is 1. The van der Waals surface area contributed by atoms with Crippen LogP contribution in [0.2, 0.25) is 10.0 Å². The smallest absolute Gasteiger partial charge is 0.138 e. The quantitative estimate of drug-likeness (QED) is 0.683. The molecule has 1 aromatic heterocycles. The number of methoxy groups -OCH3 is 1. The van der Waals surface area contributed by atoms with E-state index in [0.717, 1.165) is 18.4 Å². The molecule has 0 fully saturated rings. The summed E-state index contributed by atoms with van der Waals surface area (Å²) >= 11 is 12.1. The highest BCUT2D eigenvalue weighted by Crippen LogP contribution is 2.32. The second kappa shape index (κ2) is 8.37. The van der Waals surface area contributed by atoms with Crippen molar-refractivity contribution in [2.75, 3.05) is 7.11 Å². The second-order valence-electron chi connectivity index (χ2n) is 4.96. The molecule has 0 spiro atoms. The van der Waals surface area contributed by atoms with Crippen molar-refractivity contribution in [2.45, 2.75) is 32.0 Å². The van der Waals surface area contributed by atoms with Crippen LogP contribution in [0.15, 0.2) is 42.7 Å². The van der Waals surface area contributed by atoms with Crippen LogP contribution in [0.4, 0.5) is 0 Å². The van der Waals surface area contributed by atoms with E-state index in [-0.39, 0.29) is 12.2 Å². The Labute approximate surface area is 141 Å². The highest BCUT2D eigenvalue weighted by molar-refractivity contribution is 6.35. The van der Waals surface area contributed by atoms with E-state index in [4.69, 9.17) is 32.7 Å². The molecule has 0 bridgehead atoms. The van der Waals surface area contributed by atoms with Crippen LogP contribution < -0.4 is 4.74 Å². The normalized spacial score (nSPS) is 13.6. The summed E-state index contributed by atoms with van der Waals surface area (Å²) in [6.07, 6.45) is 4.98. The molecule has 2 unspecified atom stereocenters. The maximum Gasteiger partial charge on any atom is 0.138 e. The number of aromatic nitrogens is 1. The lowest BCUT2D eigenvalue weighted by molar-refractivity contribution is -0.00394. The van der Waals surface area contributed by atoms with Gasteiger partial charge in [-0.25, -0.2) is 0 Å². The van der Waals surface area contributed by atoms with E-state index in [9.17, 15) is 0 Å². The molecule has 0 aliphatic rings. The molecule has 2 rings (SSSR count). The Kier molecular flexibility index (Phi) is 6.49. The van der Waals surface area contributed by atoms with Gasteiger partial charge >= 0.3 is 0 Å². The molecule has 2 atom stereocenters. The zero-order valence-corrected chi connectivity index (χ0v) is 14.1. The first-order chi connectivity index (χ1) is 10.7. The summed E-state index contributed by atoms with van der Waals surface area (Å²) < 4.78 is 11.8. The van der Waals surface area contributed by atoms with Crippen LogP contribution in [0.25, 0.3) is 0 Å². The summed E-state index contributed by atoms with van der Waals surface area (Å²) in [6.45, 7) is 2.11. The predicted octanol–water partition coefficient (Wildman–Crippen LogP) is 5.32. The molecule has 0 saturated heterocycles. The summed E-state index contributed by atoms with van der Waals surface area (Å²) in [5.41, 5.74) is 0.980. The molecular formula is C17H19Cl2NO2. The Morgan fingerprint density at radius 1 is 1.23 bits per heavy atom. The van der Waals surface area contributed by atoms with Crippen LogP contribution in [0, 0.1) is 0 Å². The van der Waals surface area contributed by atoms with Crippen molar-refractivity contribution in [2.24, 2.45) is 0 Å². The Hall–Kier alpha value is -1.29. The van der Waals surface area contributed by atoms with Gasteiger partial charge in [0.05, 0.1) is 5.02 Å². The van der Waals surface area contributed by atoms with Crippen molar-refractivity contribution in [3.63, 3.8) is 0 Å². The summed E-state index contributed by atoms with van der Waals surface area (Å²) in [4.78, 5) is 4.15. The van der Waals surface area contributed by atoms with Gasteiger partial charge in [-0.1, -0.05) is 42.6 Å². The fourth-order valence-corrected chi connectivity index (χ4v) is 2.79. The van der Waals surface area contributed by atoms with E-state index in [1.807, 2.05) is 12.1 Å². The molecule has 0 N–H and O–H groups in total. The molecule has 3 nitrogen and oxygen atoms in total. The Morgan fingerprint density at radius 2 is 2.05 bits per heavy atom. The minimum atomic E-state index is -0.208. The van der Waals surface area contributed by atoms with Gasteiger partial charge in [-0.3, -0.25) is 4.98 Å². The van der Waals surface area contributed by atoms with E-state index in [1.165, 1.54) is 0 Å². The molecule has 118 valence electrons. The topological polar surface area (TPSA) is 31.4 Å². The van der Waals surface area contributed by atoms with Gasteiger partial charge in [0.2, 0.25) is 0 Å². The molecule has 1 aromatic carbocycles. The lowest BCUT2D eigenvalue weighted by Crippen LogP contribution is -2.27. The Bertz CT molecular complexity index is 592. The molecular weight excluding hydrogens is 321 g/mol. The summed E-state index contributed by atoms with van der Waals surface area (Å²) in [5.74, 6) is 0.607. The average Bonchev–Trinajstić information content (AvgIpc) is 2.52. The zero-order valence-electron chi connectivity index (χ0n) is 12.6. The van der Waals surface area contributed by atoms with Gasteiger partial charge < -0.3 is 9.47 Å². The van der Waals surface area contributed by atoms with Crippen molar-refractivity contribution in [1.29, 1.82) is 0 Å². The first kappa shape index (κ1) is 17.1. The van der Waals surface area contributed by atoms with Crippen LogP contribution in [0.5, 0.6) is 5.75 Å². The standard InChI is InChI=1S/C17H19Cl2NO2/c1-3-5-16(17(21-2)12-6-4-9-20-11-12)22-15-8-7-13(18)10-14(15)19/h4,6-11,16-17H,3,5H2,1-2H3. The SMILES string of the molecule is CCCC(Oc1ccc(Cl)cc1Cl)C(OC)c1cccnc1. The van der Waals surface area contributed by atoms with Crippen molar-refractivity contribution < 1.29 is 9.47 Å². The number of halogens is 2. The Balaban J connectivity index is 2.24. The van der Waals surface area contributed by atoms with Crippen LogP contribution >= 0.6 is 23.2 Å². The van der Waals surface area contributed by atoms with E-state index in [0.29, 0.717) is 15.8 Å². The monoisotopic (exact) mass is 339 g/mol. The number of ether oxygens (including phenoxy) is 2. The largest absolute Gasteiger partial charge is 0.486 e. The molecule has 5 heteroatoms. The van der Waals surface area contributed by atoms with Gasteiger partial charge in [0.1, 0.15) is 18.0 Å². The number of hydrogen-bond acceptors (Lipinski definition) is 3. The molecule has 22 heavy (non-hydrogen) atoms. The maximum atomic E-state index is 6.21. The van der Waals surface area contributed by atoms with Crippen LogP contribution in [-0.2, 0) is 4.74 Å². The number of benzene rings is 1. The van der Waals surface area contributed by atoms with Crippen molar-refractivity contribution >= 4 is 23.2 Å². The molecule has 0 aliphatic heterocycles. The van der Waals surface area contributed by atoms with Gasteiger partial charge in [0.15, 0.2) is 0 Å². The predicted molar refractivity (Wildman–Crippen MR) is 89.8 cm³/mol. The van der Waals surface area contributed by atoms with E-state index in [2.05, 4.69) is 11.9 Å². The highest BCUT2D eigenvalue weighted by Gasteiger charge is 2.25. The highest BCUT2D eigenvalue weighted by atomic mass is 35.5. The molecule has 0 saturated carbocycles. The van der Waals surface area contributed by atoms with Crippen molar-refractivity contribution in [1.82, 2.24) is 4.98 Å². The lowest BCUT2D eigenvalue weighted by atomic mass is 10.0. The molecule has 2 aromatic rings. The number of nitrogens with zero attached hydrogens (tertiary/aromatic N) is 1. The lowest BCUT2D eigenvalue weighted by Gasteiger charge is -2.27. The molecule has 1 heterocycles. The maximum absolute atomic E-state index is 6.21. The fourth-order valence-electron chi connectivity index (χ4n) is 2.34. The first-order valence-electron chi connectivity index (χ1n) is 7.20. The van der Waals surface area contributed by atoms with Gasteiger partial charge in [0, 0.05) is 30.1 Å². The minimum Gasteiger partial charge on any atom is -0.486 e. The first-order valence-corrected chi connectivity index (χ1v) is 7.95. The summed E-state index contributed by atoms with van der Waals surface area (Å²) in [7, 11) is 1.67. The fraction of sp³-hybridized carbons (Fsp3) is 0.353. The molecule has 0 amide bonds. The third-order valence-electron chi connectivity index (χ3n) is 3.35. The van der Waals surface area contributed by atoms with Crippen molar-refractivity contribution in [3.8, 4) is 5.75 Å². The number of rotatable bonds is 7. The van der Waals surface area contributed by atoms with Gasteiger partial charge in [-0.15, -0.1) is 0 Å². The van der Waals surface area contributed by atoms with Crippen molar-refractivity contribution in [3.05, 3.63) is 58.3 Å². The number of hydrogen-bond donors (Lipinski definition) is 0. The molecule has 0 aliphatic carbocycles. The third kappa shape index (κ3) is 4.35. The van der Waals surface area contributed by atoms with Gasteiger partial charge in [-0.05, 0) is 30.7 Å². The zero-order chi connectivity index (χ0) is 15.9. The van der Waals surface area contributed by atoms with Crippen LogP contribution in [0.1, 0.15) is 31.4 Å². The second-order valence-corrected chi connectivity index (χ2v) is 5.81.